The second kappa shape index (κ2) is 4.19. The van der Waals surface area contributed by atoms with E-state index in [9.17, 15) is 5.11 Å². The summed E-state index contributed by atoms with van der Waals surface area (Å²) in [6.07, 6.45) is 1.86. The zero-order valence-electron chi connectivity index (χ0n) is 10.2. The third kappa shape index (κ3) is 1.72. The Bertz CT molecular complexity index is 542. The van der Waals surface area contributed by atoms with Crippen LogP contribution in [0.3, 0.4) is 0 Å². The normalized spacial score (nSPS) is 17.4. The molecule has 94 valence electrons. The Morgan fingerprint density at radius 2 is 2.28 bits per heavy atom. The van der Waals surface area contributed by atoms with Gasteiger partial charge >= 0.3 is 0 Å². The van der Waals surface area contributed by atoms with Crippen molar-refractivity contribution in [2.75, 3.05) is 19.8 Å². The number of ether oxygens (including phenoxy) is 1. The summed E-state index contributed by atoms with van der Waals surface area (Å²) in [5.41, 5.74) is 2.27. The fourth-order valence-corrected chi connectivity index (χ4v) is 2.07. The maximum Gasteiger partial charge on any atom is 0.142 e. The number of aromatic amines is 1. The minimum atomic E-state index is -0.423. The molecule has 18 heavy (non-hydrogen) atoms. The third-order valence-corrected chi connectivity index (χ3v) is 3.26. The van der Waals surface area contributed by atoms with Crippen LogP contribution in [0.1, 0.15) is 11.5 Å². The number of hydrogen-bond donors (Lipinski definition) is 2. The molecule has 0 atom stereocenters. The lowest BCUT2D eigenvalue weighted by atomic mass is 9.86. The van der Waals surface area contributed by atoms with Crippen LogP contribution in [0.2, 0.25) is 0 Å². The number of rotatable bonds is 3. The van der Waals surface area contributed by atoms with Crippen LogP contribution in [0.15, 0.2) is 24.4 Å². The fourth-order valence-electron chi connectivity index (χ4n) is 2.07. The van der Waals surface area contributed by atoms with E-state index in [0.29, 0.717) is 19.0 Å². The van der Waals surface area contributed by atoms with Crippen molar-refractivity contribution in [1.82, 2.24) is 15.0 Å². The van der Waals surface area contributed by atoms with Crippen molar-refractivity contribution < 1.29 is 9.84 Å². The molecular weight excluding hydrogens is 230 g/mol. The summed E-state index contributed by atoms with van der Waals surface area (Å²) in [5, 5.41) is 9.53. The largest absolute Gasteiger partial charge is 0.395 e. The van der Waals surface area contributed by atoms with Gasteiger partial charge in [0.25, 0.3) is 0 Å². The third-order valence-electron chi connectivity index (χ3n) is 3.26. The van der Waals surface area contributed by atoms with Crippen LogP contribution >= 0.6 is 0 Å². The molecule has 1 saturated heterocycles. The van der Waals surface area contributed by atoms with E-state index in [1.807, 2.05) is 31.3 Å². The van der Waals surface area contributed by atoms with Crippen LogP contribution in [0.4, 0.5) is 0 Å². The van der Waals surface area contributed by atoms with Gasteiger partial charge in [-0.3, -0.25) is 0 Å². The van der Waals surface area contributed by atoms with Crippen LogP contribution in [0, 0.1) is 6.92 Å². The van der Waals surface area contributed by atoms with E-state index in [-0.39, 0.29) is 6.61 Å². The molecule has 2 N–H and O–H groups in total. The van der Waals surface area contributed by atoms with Crippen LogP contribution in [0.25, 0.3) is 11.4 Å². The molecule has 0 amide bonds. The van der Waals surface area contributed by atoms with Crippen molar-refractivity contribution in [2.45, 2.75) is 12.3 Å². The molecule has 3 heterocycles. The molecule has 1 aliphatic rings. The molecule has 5 nitrogen and oxygen atoms in total. The Balaban J connectivity index is 2.06. The molecule has 5 heteroatoms. The second-order valence-electron chi connectivity index (χ2n) is 4.73. The van der Waals surface area contributed by atoms with Gasteiger partial charge in [-0.25, -0.2) is 9.97 Å². The zero-order valence-corrected chi connectivity index (χ0v) is 10.2. The van der Waals surface area contributed by atoms with Gasteiger partial charge in [-0.2, -0.15) is 0 Å². The molecular formula is C13H15N3O2. The summed E-state index contributed by atoms with van der Waals surface area (Å²) in [4.78, 5) is 12.1. The average Bonchev–Trinajstić information content (AvgIpc) is 2.81. The van der Waals surface area contributed by atoms with Crippen LogP contribution < -0.4 is 0 Å². The maximum atomic E-state index is 9.53. The van der Waals surface area contributed by atoms with Crippen LogP contribution in [-0.2, 0) is 10.2 Å². The summed E-state index contributed by atoms with van der Waals surface area (Å²) >= 11 is 0. The number of hydrogen-bond acceptors (Lipinski definition) is 4. The van der Waals surface area contributed by atoms with Gasteiger partial charge in [0.15, 0.2) is 0 Å². The first-order valence-electron chi connectivity index (χ1n) is 5.92. The van der Waals surface area contributed by atoms with E-state index in [1.165, 1.54) is 0 Å². The van der Waals surface area contributed by atoms with Crippen molar-refractivity contribution in [3.63, 3.8) is 0 Å². The molecule has 0 saturated carbocycles. The second-order valence-corrected chi connectivity index (χ2v) is 4.73. The highest BCUT2D eigenvalue weighted by Crippen LogP contribution is 2.30. The van der Waals surface area contributed by atoms with Crippen molar-refractivity contribution in [3.8, 4) is 11.4 Å². The Morgan fingerprint density at radius 3 is 2.83 bits per heavy atom. The summed E-state index contributed by atoms with van der Waals surface area (Å²) in [5.74, 6) is 0.667. The standard InChI is InChI=1S/C13H15N3O2/c1-9-5-11(10-3-2-4-14-10)16-12(15-9)13(6-17)7-18-8-13/h2-5,14,17H,6-8H2,1H3. The average molecular weight is 245 g/mol. The quantitative estimate of drug-likeness (QED) is 0.847. The smallest absolute Gasteiger partial charge is 0.142 e. The Hall–Kier alpha value is -1.72. The minimum absolute atomic E-state index is 0.0145. The highest BCUT2D eigenvalue weighted by atomic mass is 16.5. The molecule has 2 aromatic rings. The lowest BCUT2D eigenvalue weighted by molar-refractivity contribution is -0.0884. The molecule has 1 fully saturated rings. The SMILES string of the molecule is Cc1cc(-c2ccc[nH]2)nc(C2(CO)COC2)n1. The van der Waals surface area contributed by atoms with Crippen molar-refractivity contribution in [1.29, 1.82) is 0 Å². The Morgan fingerprint density at radius 1 is 1.44 bits per heavy atom. The molecule has 0 spiro atoms. The first kappa shape index (κ1) is 11.4. The van der Waals surface area contributed by atoms with Gasteiger partial charge in [0.2, 0.25) is 0 Å². The molecule has 0 aliphatic carbocycles. The predicted molar refractivity (Wildman–Crippen MR) is 66.1 cm³/mol. The van der Waals surface area contributed by atoms with Gasteiger partial charge < -0.3 is 14.8 Å². The monoisotopic (exact) mass is 245 g/mol. The molecule has 1 aliphatic heterocycles. The van der Waals surface area contributed by atoms with Gasteiger partial charge in [-0.15, -0.1) is 0 Å². The first-order chi connectivity index (χ1) is 8.73. The van der Waals surface area contributed by atoms with Gasteiger partial charge in [-0.1, -0.05) is 0 Å². The zero-order chi connectivity index (χ0) is 12.6. The van der Waals surface area contributed by atoms with E-state index in [2.05, 4.69) is 15.0 Å². The minimum Gasteiger partial charge on any atom is -0.395 e. The lowest BCUT2D eigenvalue weighted by Crippen LogP contribution is -2.51. The van der Waals surface area contributed by atoms with E-state index >= 15 is 0 Å². The Labute approximate surface area is 105 Å². The summed E-state index contributed by atoms with van der Waals surface area (Å²) in [6.45, 7) is 2.91. The van der Waals surface area contributed by atoms with Crippen molar-refractivity contribution in [2.24, 2.45) is 0 Å². The number of aliphatic hydroxyl groups excluding tert-OH is 1. The van der Waals surface area contributed by atoms with E-state index in [4.69, 9.17) is 4.74 Å². The van der Waals surface area contributed by atoms with Crippen LogP contribution in [-0.4, -0.2) is 39.9 Å². The van der Waals surface area contributed by atoms with Crippen molar-refractivity contribution in [3.05, 3.63) is 35.9 Å². The van der Waals surface area contributed by atoms with Gasteiger partial charge in [0.1, 0.15) is 5.82 Å². The van der Waals surface area contributed by atoms with E-state index in [1.54, 1.807) is 0 Å². The number of nitrogens with zero attached hydrogens (tertiary/aromatic N) is 2. The highest BCUT2D eigenvalue weighted by molar-refractivity contribution is 5.54. The molecule has 0 bridgehead atoms. The molecule has 0 aromatic carbocycles. The number of aryl methyl sites for hydroxylation is 1. The summed E-state index contributed by atoms with van der Waals surface area (Å²) in [6, 6.07) is 5.83. The van der Waals surface area contributed by atoms with Crippen LogP contribution in [0.5, 0.6) is 0 Å². The number of nitrogens with one attached hydrogen (secondary N) is 1. The topological polar surface area (TPSA) is 71.0 Å². The maximum absolute atomic E-state index is 9.53. The highest BCUT2D eigenvalue weighted by Gasteiger charge is 2.43. The molecule has 0 radical (unpaired) electrons. The summed E-state index contributed by atoms with van der Waals surface area (Å²) < 4.78 is 5.21. The Kier molecular flexibility index (Phi) is 2.65. The number of aliphatic hydroxyl groups is 1. The summed E-state index contributed by atoms with van der Waals surface area (Å²) in [7, 11) is 0. The number of aromatic nitrogens is 3. The van der Waals surface area contributed by atoms with E-state index in [0.717, 1.165) is 17.1 Å². The molecule has 2 aromatic heterocycles. The van der Waals surface area contributed by atoms with Gasteiger partial charge in [0, 0.05) is 11.9 Å². The predicted octanol–water partition coefficient (Wildman–Crippen LogP) is 1.04. The van der Waals surface area contributed by atoms with Gasteiger partial charge in [-0.05, 0) is 25.1 Å². The first-order valence-corrected chi connectivity index (χ1v) is 5.92. The van der Waals surface area contributed by atoms with Gasteiger partial charge in [0.05, 0.1) is 36.6 Å². The fraction of sp³-hybridized carbons (Fsp3) is 0.385. The number of H-pyrrole nitrogens is 1. The lowest BCUT2D eigenvalue weighted by Gasteiger charge is -2.38. The molecule has 3 rings (SSSR count). The molecule has 0 unspecified atom stereocenters. The van der Waals surface area contributed by atoms with Crippen molar-refractivity contribution >= 4 is 0 Å². The van der Waals surface area contributed by atoms with E-state index < -0.39 is 5.41 Å².